The van der Waals surface area contributed by atoms with Crippen LogP contribution in [0.25, 0.3) is 0 Å². The normalized spacial score (nSPS) is 11.6. The van der Waals surface area contributed by atoms with Crippen LogP contribution in [-0.2, 0) is 19.3 Å². The van der Waals surface area contributed by atoms with Crippen LogP contribution in [0, 0.1) is 5.92 Å². The third-order valence-electron chi connectivity index (χ3n) is 4.18. The van der Waals surface area contributed by atoms with E-state index in [0.717, 1.165) is 17.7 Å². The third kappa shape index (κ3) is 4.56. The zero-order chi connectivity index (χ0) is 21.1. The van der Waals surface area contributed by atoms with Gasteiger partial charge >= 0.3 is 6.18 Å². The molecule has 0 heterocycles. The van der Waals surface area contributed by atoms with E-state index in [9.17, 15) is 23.1 Å². The summed E-state index contributed by atoms with van der Waals surface area (Å²) in [7, 11) is 1.46. The lowest BCUT2D eigenvalue weighted by Gasteiger charge is -2.18. The molecule has 0 atom stereocenters. The number of alkyl halides is 3. The number of nitrogens with two attached hydrogens (primary N) is 1. The van der Waals surface area contributed by atoms with Gasteiger partial charge < -0.3 is 20.3 Å². The first-order valence-electron chi connectivity index (χ1n) is 8.56. The molecule has 0 aromatic heterocycles. The van der Waals surface area contributed by atoms with Gasteiger partial charge in [-0.2, -0.15) is 13.2 Å². The molecule has 0 spiro atoms. The van der Waals surface area contributed by atoms with E-state index >= 15 is 0 Å². The Kier molecular flexibility index (Phi) is 6.56. The van der Waals surface area contributed by atoms with Gasteiger partial charge in [-0.3, -0.25) is 4.79 Å². The lowest BCUT2D eigenvalue weighted by Crippen LogP contribution is -2.14. The second-order valence-corrected chi connectivity index (χ2v) is 6.49. The number of aromatic hydroxyl groups is 1. The zero-order valence-electron chi connectivity index (χ0n) is 15.8. The summed E-state index contributed by atoms with van der Waals surface area (Å²) in [4.78, 5) is 12.1. The number of ether oxygens (including phenoxy) is 2. The molecule has 2 aromatic carbocycles. The van der Waals surface area contributed by atoms with Gasteiger partial charge in [0, 0.05) is 18.0 Å². The number of phenols is 1. The van der Waals surface area contributed by atoms with Crippen LogP contribution in [0.4, 0.5) is 13.2 Å². The Morgan fingerprint density at radius 3 is 2.39 bits per heavy atom. The molecule has 0 aliphatic heterocycles. The maximum absolute atomic E-state index is 13.5. The van der Waals surface area contributed by atoms with Crippen molar-refractivity contribution in [1.29, 1.82) is 0 Å². The summed E-state index contributed by atoms with van der Waals surface area (Å²) >= 11 is 0. The molecule has 2 rings (SSSR count). The van der Waals surface area contributed by atoms with Crippen molar-refractivity contribution in [2.45, 2.75) is 33.2 Å². The third-order valence-corrected chi connectivity index (χ3v) is 4.18. The van der Waals surface area contributed by atoms with E-state index in [4.69, 9.17) is 15.2 Å². The second-order valence-electron chi connectivity index (χ2n) is 6.49. The number of rotatable bonds is 7. The Bertz CT molecular complexity index is 863. The quantitative estimate of drug-likeness (QED) is 0.681. The highest BCUT2D eigenvalue weighted by Gasteiger charge is 2.39. The van der Waals surface area contributed by atoms with E-state index < -0.39 is 34.9 Å². The smallest absolute Gasteiger partial charge is 0.423 e. The summed E-state index contributed by atoms with van der Waals surface area (Å²) < 4.78 is 51.1. The molecule has 0 unspecified atom stereocenters. The van der Waals surface area contributed by atoms with E-state index in [1.54, 1.807) is 18.2 Å². The van der Waals surface area contributed by atoms with Gasteiger partial charge in [-0.1, -0.05) is 26.0 Å². The molecule has 0 bridgehead atoms. The molecule has 0 radical (unpaired) electrons. The van der Waals surface area contributed by atoms with Crippen LogP contribution in [0.1, 0.15) is 40.9 Å². The standard InChI is InChI=1S/C20H22F3NO4/c1-11(2)18(25)14-6-7-15(17(19(14)26)20(21,22)23)28-10-12-4-5-13(9-24)16(8-12)27-3/h4-8,11,26H,9-10,24H2,1-3H3. The fourth-order valence-corrected chi connectivity index (χ4v) is 2.69. The molecule has 5 nitrogen and oxygen atoms in total. The number of carbonyl (C=O) groups excluding carboxylic acids is 1. The Labute approximate surface area is 160 Å². The number of hydrogen-bond donors (Lipinski definition) is 2. The van der Waals surface area contributed by atoms with Gasteiger partial charge in [0.2, 0.25) is 0 Å². The maximum Gasteiger partial charge on any atom is 0.423 e. The topological polar surface area (TPSA) is 81.8 Å². The SMILES string of the molecule is COc1cc(COc2ccc(C(=O)C(C)C)c(O)c2C(F)(F)F)ccc1CN. The summed E-state index contributed by atoms with van der Waals surface area (Å²) in [5.41, 5.74) is 5.14. The molecule has 152 valence electrons. The lowest BCUT2D eigenvalue weighted by atomic mass is 9.97. The molecule has 28 heavy (non-hydrogen) atoms. The van der Waals surface area contributed by atoms with Gasteiger partial charge in [-0.15, -0.1) is 0 Å². The number of methoxy groups -OCH3 is 1. The summed E-state index contributed by atoms with van der Waals surface area (Å²) in [5, 5.41) is 10.1. The summed E-state index contributed by atoms with van der Waals surface area (Å²) in [6.45, 7) is 3.14. The van der Waals surface area contributed by atoms with Crippen molar-refractivity contribution >= 4 is 5.78 Å². The molecule has 3 N–H and O–H groups in total. The summed E-state index contributed by atoms with van der Waals surface area (Å²) in [6, 6.07) is 7.16. The fourth-order valence-electron chi connectivity index (χ4n) is 2.69. The van der Waals surface area contributed by atoms with Gasteiger partial charge in [0.25, 0.3) is 0 Å². The molecule has 0 aliphatic rings. The van der Waals surface area contributed by atoms with Crippen LogP contribution in [0.5, 0.6) is 17.2 Å². The first kappa shape index (κ1) is 21.6. The number of phenolic OH excluding ortho intramolecular Hbond substituents is 1. The van der Waals surface area contributed by atoms with Gasteiger partial charge in [0.05, 0.1) is 12.7 Å². The Morgan fingerprint density at radius 2 is 1.86 bits per heavy atom. The minimum Gasteiger partial charge on any atom is -0.506 e. The van der Waals surface area contributed by atoms with Crippen molar-refractivity contribution in [3.8, 4) is 17.2 Å². The van der Waals surface area contributed by atoms with Crippen LogP contribution in [0.3, 0.4) is 0 Å². The number of ketones is 1. The Morgan fingerprint density at radius 1 is 1.18 bits per heavy atom. The zero-order valence-corrected chi connectivity index (χ0v) is 15.8. The van der Waals surface area contributed by atoms with Crippen molar-refractivity contribution in [3.05, 3.63) is 52.6 Å². The van der Waals surface area contributed by atoms with E-state index in [0.29, 0.717) is 11.3 Å². The molecule has 0 aliphatic carbocycles. The Balaban J connectivity index is 2.38. The highest BCUT2D eigenvalue weighted by atomic mass is 19.4. The van der Waals surface area contributed by atoms with Crippen LogP contribution in [0.2, 0.25) is 0 Å². The highest BCUT2D eigenvalue weighted by molar-refractivity contribution is 6.00. The van der Waals surface area contributed by atoms with Gasteiger partial charge in [0.15, 0.2) is 5.78 Å². The Hall–Kier alpha value is -2.74. The lowest BCUT2D eigenvalue weighted by molar-refractivity contribution is -0.140. The van der Waals surface area contributed by atoms with Crippen molar-refractivity contribution in [3.63, 3.8) is 0 Å². The average Bonchev–Trinajstić information content (AvgIpc) is 2.64. The van der Waals surface area contributed by atoms with E-state index in [1.807, 2.05) is 0 Å². The van der Waals surface area contributed by atoms with Gasteiger partial charge in [-0.25, -0.2) is 0 Å². The summed E-state index contributed by atoms with van der Waals surface area (Å²) in [6.07, 6.45) is -4.90. The predicted octanol–water partition coefficient (Wildman–Crippen LogP) is 4.30. The van der Waals surface area contributed by atoms with Crippen molar-refractivity contribution in [2.24, 2.45) is 11.7 Å². The molecular formula is C20H22F3NO4. The van der Waals surface area contributed by atoms with E-state index in [1.165, 1.54) is 21.0 Å². The van der Waals surface area contributed by atoms with Gasteiger partial charge in [-0.05, 0) is 23.8 Å². The monoisotopic (exact) mass is 397 g/mol. The molecule has 0 saturated heterocycles. The minimum absolute atomic E-state index is 0.193. The molecule has 0 fully saturated rings. The van der Waals surface area contributed by atoms with Gasteiger partial charge in [0.1, 0.15) is 29.4 Å². The molecule has 2 aromatic rings. The van der Waals surface area contributed by atoms with Crippen molar-refractivity contribution in [2.75, 3.05) is 7.11 Å². The molecule has 8 heteroatoms. The first-order valence-corrected chi connectivity index (χ1v) is 8.56. The molecule has 0 amide bonds. The fraction of sp³-hybridized carbons (Fsp3) is 0.350. The van der Waals surface area contributed by atoms with E-state index in [2.05, 4.69) is 0 Å². The second kappa shape index (κ2) is 8.52. The number of halogens is 3. The molecule has 0 saturated carbocycles. The van der Waals surface area contributed by atoms with Crippen LogP contribution in [0.15, 0.2) is 30.3 Å². The number of benzene rings is 2. The predicted molar refractivity (Wildman–Crippen MR) is 97.5 cm³/mol. The highest BCUT2D eigenvalue weighted by Crippen LogP contribution is 2.44. The molecular weight excluding hydrogens is 375 g/mol. The number of carbonyl (C=O) groups is 1. The number of hydrogen-bond acceptors (Lipinski definition) is 5. The van der Waals surface area contributed by atoms with Crippen LogP contribution < -0.4 is 15.2 Å². The van der Waals surface area contributed by atoms with Crippen molar-refractivity contribution in [1.82, 2.24) is 0 Å². The van der Waals surface area contributed by atoms with E-state index in [-0.39, 0.29) is 18.7 Å². The first-order chi connectivity index (χ1) is 13.1. The summed E-state index contributed by atoms with van der Waals surface area (Å²) in [5.74, 6) is -2.34. The number of Topliss-reactive ketones (excluding diaryl/α,β-unsaturated/α-hetero) is 1. The van der Waals surface area contributed by atoms with Crippen LogP contribution >= 0.6 is 0 Å². The largest absolute Gasteiger partial charge is 0.506 e. The van der Waals surface area contributed by atoms with Crippen molar-refractivity contribution < 1.29 is 32.5 Å². The van der Waals surface area contributed by atoms with Crippen LogP contribution in [-0.4, -0.2) is 18.0 Å². The average molecular weight is 397 g/mol. The maximum atomic E-state index is 13.5. The minimum atomic E-state index is -4.90.